The fraction of sp³-hybridized carbons (Fsp3) is 0.312. The first-order valence-corrected chi connectivity index (χ1v) is 14.4. The number of fused-ring (bicyclic) bond motifs is 1. The van der Waals surface area contributed by atoms with Gasteiger partial charge in [0.05, 0.1) is 18.1 Å². The molecule has 210 valence electrons. The van der Waals surface area contributed by atoms with Gasteiger partial charge in [0.1, 0.15) is 12.4 Å². The van der Waals surface area contributed by atoms with Crippen LogP contribution in [0.1, 0.15) is 55.6 Å². The Hall–Kier alpha value is -4.26. The molecule has 0 saturated heterocycles. The van der Waals surface area contributed by atoms with Crippen molar-refractivity contribution in [3.8, 4) is 34.6 Å². The molecule has 2 N–H and O–H groups in total. The topological polar surface area (TPSA) is 106 Å². The number of nitrogens with one attached hydrogen (secondary N) is 1. The molecule has 0 amide bonds. The van der Waals surface area contributed by atoms with Crippen molar-refractivity contribution in [3.63, 3.8) is 0 Å². The third-order valence-electron chi connectivity index (χ3n) is 6.75. The van der Waals surface area contributed by atoms with Crippen LogP contribution in [-0.4, -0.2) is 42.9 Å². The van der Waals surface area contributed by atoms with Gasteiger partial charge >= 0.3 is 0 Å². The molecule has 9 heteroatoms. The van der Waals surface area contributed by atoms with Gasteiger partial charge in [-0.15, -0.1) is 27.5 Å². The monoisotopic (exact) mass is 567 g/mol. The lowest BCUT2D eigenvalue weighted by atomic mass is 9.97. The summed E-state index contributed by atoms with van der Waals surface area (Å²) in [6.45, 7) is 8.37. The van der Waals surface area contributed by atoms with Gasteiger partial charge < -0.3 is 14.6 Å². The van der Waals surface area contributed by atoms with Gasteiger partial charge in [-0.2, -0.15) is 5.21 Å². The molecule has 5 rings (SSSR count). The number of benzene rings is 2. The van der Waals surface area contributed by atoms with Gasteiger partial charge in [-0.3, -0.25) is 0 Å². The molecule has 5 aromatic rings. The predicted molar refractivity (Wildman–Crippen MR) is 161 cm³/mol. The minimum absolute atomic E-state index is 0.0738. The summed E-state index contributed by atoms with van der Waals surface area (Å²) in [5, 5.41) is 27.5. The number of pyridine rings is 1. The van der Waals surface area contributed by atoms with Crippen molar-refractivity contribution in [3.05, 3.63) is 82.6 Å². The number of aliphatic hydroxyl groups is 1. The Morgan fingerprint density at radius 2 is 1.95 bits per heavy atom. The van der Waals surface area contributed by atoms with E-state index in [4.69, 9.17) is 9.47 Å². The lowest BCUT2D eigenvalue weighted by Gasteiger charge is -2.17. The Kier molecular flexibility index (Phi) is 8.62. The zero-order valence-electron chi connectivity index (χ0n) is 23.6. The van der Waals surface area contributed by atoms with Crippen LogP contribution < -0.4 is 9.47 Å². The highest BCUT2D eigenvalue weighted by Crippen LogP contribution is 2.37. The van der Waals surface area contributed by atoms with Crippen molar-refractivity contribution >= 4 is 21.4 Å². The van der Waals surface area contributed by atoms with Crippen molar-refractivity contribution in [2.45, 2.75) is 58.7 Å². The molecular formula is C32H33N5O3S. The van der Waals surface area contributed by atoms with E-state index in [9.17, 15) is 5.11 Å². The van der Waals surface area contributed by atoms with Crippen LogP contribution in [0.3, 0.4) is 0 Å². The second kappa shape index (κ2) is 12.5. The van der Waals surface area contributed by atoms with Gasteiger partial charge in [0.2, 0.25) is 5.88 Å². The zero-order chi connectivity index (χ0) is 28.8. The van der Waals surface area contributed by atoms with E-state index in [2.05, 4.69) is 80.1 Å². The van der Waals surface area contributed by atoms with Crippen LogP contribution in [0, 0.1) is 18.8 Å². The SMILES string of the molecule is CC#CC(Cc1nn[nH]n1)c1ccc(OCc2ccc3scc(-c4ccc(OCCC(C)(C)O)cc4C)c3c2)nc1. The highest BCUT2D eigenvalue weighted by Gasteiger charge is 2.15. The lowest BCUT2D eigenvalue weighted by Crippen LogP contribution is -2.21. The predicted octanol–water partition coefficient (Wildman–Crippen LogP) is 6.25. The largest absolute Gasteiger partial charge is 0.493 e. The average molecular weight is 568 g/mol. The smallest absolute Gasteiger partial charge is 0.213 e. The average Bonchev–Trinajstić information content (AvgIpc) is 3.61. The molecule has 1 atom stereocenters. The van der Waals surface area contributed by atoms with E-state index in [0.717, 1.165) is 22.4 Å². The van der Waals surface area contributed by atoms with E-state index < -0.39 is 5.60 Å². The molecule has 8 nitrogen and oxygen atoms in total. The van der Waals surface area contributed by atoms with Gasteiger partial charge in [-0.05, 0) is 79.6 Å². The number of H-pyrrole nitrogens is 1. The minimum atomic E-state index is -0.741. The fourth-order valence-electron chi connectivity index (χ4n) is 4.54. The number of ether oxygens (including phenoxy) is 2. The fourth-order valence-corrected chi connectivity index (χ4v) is 5.48. The Morgan fingerprint density at radius 3 is 2.66 bits per heavy atom. The summed E-state index contributed by atoms with van der Waals surface area (Å²) < 4.78 is 13.1. The van der Waals surface area contributed by atoms with E-state index in [0.29, 0.717) is 37.8 Å². The quantitative estimate of drug-likeness (QED) is 0.182. The molecule has 0 spiro atoms. The molecule has 0 aliphatic heterocycles. The number of aryl methyl sites for hydroxylation is 1. The van der Waals surface area contributed by atoms with E-state index in [-0.39, 0.29) is 5.92 Å². The molecule has 0 aliphatic carbocycles. The molecule has 0 bridgehead atoms. The first-order valence-electron chi connectivity index (χ1n) is 13.5. The number of nitrogens with zero attached hydrogens (tertiary/aromatic N) is 4. The molecule has 0 radical (unpaired) electrons. The second-order valence-corrected chi connectivity index (χ2v) is 11.5. The summed E-state index contributed by atoms with van der Waals surface area (Å²) in [7, 11) is 0. The first kappa shape index (κ1) is 28.3. The van der Waals surface area contributed by atoms with Crippen molar-refractivity contribution in [1.29, 1.82) is 0 Å². The van der Waals surface area contributed by atoms with Gasteiger partial charge in [-0.25, -0.2) is 4.98 Å². The molecular weight excluding hydrogens is 534 g/mol. The summed E-state index contributed by atoms with van der Waals surface area (Å²) in [5.74, 6) is 8.08. The number of rotatable bonds is 11. The Morgan fingerprint density at radius 1 is 1.07 bits per heavy atom. The van der Waals surface area contributed by atoms with E-state index in [1.807, 2.05) is 25.1 Å². The number of aromatic amines is 1. The Labute approximate surface area is 243 Å². The number of thiophene rings is 1. The van der Waals surface area contributed by atoms with Gasteiger partial charge in [0.15, 0.2) is 5.82 Å². The van der Waals surface area contributed by atoms with Crippen LogP contribution in [0.15, 0.2) is 60.1 Å². The summed E-state index contributed by atoms with van der Waals surface area (Å²) >= 11 is 1.73. The summed E-state index contributed by atoms with van der Waals surface area (Å²) in [6.07, 6.45) is 2.92. The minimum Gasteiger partial charge on any atom is -0.493 e. The lowest BCUT2D eigenvalue weighted by molar-refractivity contribution is 0.0553. The van der Waals surface area contributed by atoms with Crippen LogP contribution in [0.4, 0.5) is 0 Å². The highest BCUT2D eigenvalue weighted by atomic mass is 32.1. The summed E-state index contributed by atoms with van der Waals surface area (Å²) in [4.78, 5) is 4.52. The molecule has 3 aromatic heterocycles. The van der Waals surface area contributed by atoms with Gasteiger partial charge in [0.25, 0.3) is 0 Å². The van der Waals surface area contributed by atoms with Crippen LogP contribution in [0.2, 0.25) is 0 Å². The maximum absolute atomic E-state index is 9.93. The number of aromatic nitrogens is 5. The summed E-state index contributed by atoms with van der Waals surface area (Å²) in [5.41, 5.74) is 4.81. The van der Waals surface area contributed by atoms with E-state index in [1.165, 1.54) is 21.2 Å². The number of hydrogen-bond acceptors (Lipinski definition) is 8. The van der Waals surface area contributed by atoms with Gasteiger partial charge in [0, 0.05) is 40.8 Å². The van der Waals surface area contributed by atoms with Crippen molar-refractivity contribution in [2.75, 3.05) is 6.61 Å². The van der Waals surface area contributed by atoms with Crippen LogP contribution in [0.5, 0.6) is 11.6 Å². The van der Waals surface area contributed by atoms with Crippen LogP contribution >= 0.6 is 11.3 Å². The molecule has 0 saturated carbocycles. The van der Waals surface area contributed by atoms with Crippen molar-refractivity contribution in [2.24, 2.45) is 0 Å². The molecule has 41 heavy (non-hydrogen) atoms. The standard InChI is InChI=1S/C32H33N5O3S/c1-5-6-23(17-30-34-36-37-35-30)24-8-12-31(33-18-24)40-19-22-7-11-29-27(16-22)28(20-41-29)26-10-9-25(15-21(26)2)39-14-13-32(3,4)38/h7-12,15-16,18,20,23,38H,13-14,17,19H2,1-4H3,(H,34,35,36,37). The molecule has 0 aliphatic rings. The van der Waals surface area contributed by atoms with E-state index >= 15 is 0 Å². The number of tetrazole rings is 1. The third-order valence-corrected chi connectivity index (χ3v) is 7.71. The Balaban J connectivity index is 1.26. The maximum Gasteiger partial charge on any atom is 0.213 e. The zero-order valence-corrected chi connectivity index (χ0v) is 24.5. The molecule has 0 fully saturated rings. The van der Waals surface area contributed by atoms with Crippen molar-refractivity contribution < 1.29 is 14.6 Å². The summed E-state index contributed by atoms with van der Waals surface area (Å²) in [6, 6.07) is 16.5. The maximum atomic E-state index is 9.93. The third kappa shape index (κ3) is 7.28. The molecule has 2 aromatic carbocycles. The Bertz CT molecular complexity index is 1660. The van der Waals surface area contributed by atoms with Crippen LogP contribution in [0.25, 0.3) is 21.2 Å². The second-order valence-electron chi connectivity index (χ2n) is 10.6. The van der Waals surface area contributed by atoms with Crippen LogP contribution in [-0.2, 0) is 13.0 Å². The highest BCUT2D eigenvalue weighted by molar-refractivity contribution is 7.17. The first-order chi connectivity index (χ1) is 19.8. The van der Waals surface area contributed by atoms with Gasteiger partial charge in [-0.1, -0.05) is 29.3 Å². The molecule has 3 heterocycles. The van der Waals surface area contributed by atoms with E-state index in [1.54, 1.807) is 31.4 Å². The normalized spacial score (nSPS) is 12.1. The molecule has 1 unspecified atom stereocenters. The number of hydrogen-bond donors (Lipinski definition) is 2. The van der Waals surface area contributed by atoms with Crippen molar-refractivity contribution in [1.82, 2.24) is 25.6 Å².